The molecule has 0 saturated carbocycles. The first-order valence-corrected chi connectivity index (χ1v) is 12.8. The normalized spacial score (nSPS) is 12.3. The minimum atomic E-state index is -1.40. The van der Waals surface area contributed by atoms with Crippen LogP contribution in [0.3, 0.4) is 0 Å². The molecule has 0 fully saturated rings. The van der Waals surface area contributed by atoms with Gasteiger partial charge in [0, 0.05) is 48.3 Å². The van der Waals surface area contributed by atoms with Crippen LogP contribution in [0.4, 0.5) is 0 Å². The molecule has 5 N–H and O–H groups in total. The zero-order valence-corrected chi connectivity index (χ0v) is 22.1. The average Bonchev–Trinajstić information content (AvgIpc) is 3.38. The second kappa shape index (κ2) is 14.0. The summed E-state index contributed by atoms with van der Waals surface area (Å²) in [6, 6.07) is 15.4. The molecule has 0 unspecified atom stereocenters. The molecule has 3 aromatic rings. The molecule has 0 radical (unpaired) electrons. The van der Waals surface area contributed by atoms with Gasteiger partial charge in [-0.2, -0.15) is 0 Å². The third-order valence-corrected chi connectivity index (χ3v) is 6.39. The number of carboxylic acids is 2. The summed E-state index contributed by atoms with van der Waals surface area (Å²) in [5.74, 6) is -5.40. The van der Waals surface area contributed by atoms with Crippen molar-refractivity contribution in [1.29, 1.82) is 0 Å². The predicted molar refractivity (Wildman–Crippen MR) is 144 cm³/mol. The minimum absolute atomic E-state index is 0.121. The Bertz CT molecular complexity index is 1390. The van der Waals surface area contributed by atoms with E-state index in [1.54, 1.807) is 12.1 Å². The van der Waals surface area contributed by atoms with Crippen molar-refractivity contribution in [3.63, 3.8) is 0 Å². The third kappa shape index (κ3) is 9.05. The molecule has 1 aromatic heterocycles. The van der Waals surface area contributed by atoms with Crippen LogP contribution in [-0.2, 0) is 30.4 Å². The number of Topliss-reactive ketones (excluding diaryl/α,β-unsaturated/α-hetero) is 1. The second-order valence-electron chi connectivity index (χ2n) is 9.19. The van der Waals surface area contributed by atoms with Crippen molar-refractivity contribution >= 4 is 41.1 Å². The fraction of sp³-hybridized carbons (Fsp3) is 0.286. The number of primary amides is 1. The molecule has 0 aliphatic heterocycles. The van der Waals surface area contributed by atoms with Crippen LogP contribution in [0, 0.1) is 5.92 Å². The number of aromatic nitrogens is 1. The van der Waals surface area contributed by atoms with E-state index in [1.165, 1.54) is 0 Å². The number of aryl methyl sites for hydroxylation is 1. The summed E-state index contributed by atoms with van der Waals surface area (Å²) in [6.45, 7) is 0. The fourth-order valence-corrected chi connectivity index (χ4v) is 4.21. The van der Waals surface area contributed by atoms with E-state index in [2.05, 4.69) is 10.5 Å². The summed E-state index contributed by atoms with van der Waals surface area (Å²) in [6.07, 6.45) is -1.74. The van der Waals surface area contributed by atoms with Crippen LogP contribution >= 0.6 is 11.6 Å². The molecule has 0 bridgehead atoms. The molecular weight excluding hydrogens is 542 g/mol. The maximum absolute atomic E-state index is 12.7. The maximum atomic E-state index is 12.7. The smallest absolute Gasteiger partial charge is 0.305 e. The first-order valence-electron chi connectivity index (χ1n) is 12.4. The number of ketones is 1. The quantitative estimate of drug-likeness (QED) is 0.212. The highest BCUT2D eigenvalue weighted by molar-refractivity contribution is 6.30. The number of amides is 2. The van der Waals surface area contributed by atoms with Crippen molar-refractivity contribution in [3.8, 4) is 22.4 Å². The highest BCUT2D eigenvalue weighted by atomic mass is 35.5. The highest BCUT2D eigenvalue weighted by Crippen LogP contribution is 2.26. The topological polar surface area (TPSA) is 190 Å². The SMILES string of the molecule is NC(=O)[C@H](CCC(=O)O)CC(=O)[C@H](CC(=O)O)NC(=O)CCc1cc(-c2ccc(-c3cccc(Cl)c3)cc2)no1. The Morgan fingerprint density at radius 1 is 0.900 bits per heavy atom. The molecule has 210 valence electrons. The summed E-state index contributed by atoms with van der Waals surface area (Å²) >= 11 is 6.07. The first-order chi connectivity index (χ1) is 19.0. The lowest BCUT2D eigenvalue weighted by Crippen LogP contribution is -2.43. The van der Waals surface area contributed by atoms with Crippen molar-refractivity contribution in [2.24, 2.45) is 11.7 Å². The number of benzene rings is 2. The van der Waals surface area contributed by atoms with Crippen LogP contribution in [0.25, 0.3) is 22.4 Å². The van der Waals surface area contributed by atoms with E-state index in [0.717, 1.165) is 16.7 Å². The number of nitrogens with zero attached hydrogens (tertiary/aromatic N) is 1. The summed E-state index contributed by atoms with van der Waals surface area (Å²) in [5.41, 5.74) is 8.56. The summed E-state index contributed by atoms with van der Waals surface area (Å²) in [4.78, 5) is 58.9. The molecule has 2 atom stereocenters. The Morgan fingerprint density at radius 3 is 2.23 bits per heavy atom. The Balaban J connectivity index is 1.58. The maximum Gasteiger partial charge on any atom is 0.305 e. The molecule has 12 heteroatoms. The number of halogens is 1. The largest absolute Gasteiger partial charge is 0.481 e. The van der Waals surface area contributed by atoms with E-state index in [-0.39, 0.29) is 25.7 Å². The third-order valence-electron chi connectivity index (χ3n) is 6.16. The lowest BCUT2D eigenvalue weighted by atomic mass is 9.92. The van der Waals surface area contributed by atoms with Crippen molar-refractivity contribution < 1.29 is 38.7 Å². The van der Waals surface area contributed by atoms with Crippen molar-refractivity contribution in [2.45, 2.75) is 44.6 Å². The predicted octanol–water partition coefficient (Wildman–Crippen LogP) is 3.48. The van der Waals surface area contributed by atoms with Crippen LogP contribution in [0.1, 0.15) is 37.9 Å². The van der Waals surface area contributed by atoms with Crippen molar-refractivity contribution in [2.75, 3.05) is 0 Å². The van der Waals surface area contributed by atoms with Gasteiger partial charge in [0.2, 0.25) is 11.8 Å². The number of hydrogen-bond acceptors (Lipinski definition) is 7. The number of carboxylic acid groups (broad SMARTS) is 2. The minimum Gasteiger partial charge on any atom is -0.481 e. The average molecular weight is 570 g/mol. The molecule has 40 heavy (non-hydrogen) atoms. The fourth-order valence-electron chi connectivity index (χ4n) is 4.02. The monoisotopic (exact) mass is 569 g/mol. The molecule has 3 rings (SSSR count). The van der Waals surface area contributed by atoms with Gasteiger partial charge in [-0.15, -0.1) is 0 Å². The van der Waals surface area contributed by atoms with Gasteiger partial charge in [0.25, 0.3) is 0 Å². The zero-order valence-electron chi connectivity index (χ0n) is 21.3. The lowest BCUT2D eigenvalue weighted by molar-refractivity contribution is -0.140. The second-order valence-corrected chi connectivity index (χ2v) is 9.62. The summed E-state index contributed by atoms with van der Waals surface area (Å²) in [7, 11) is 0. The lowest BCUT2D eigenvalue weighted by Gasteiger charge is -2.18. The Labute approximate surface area is 234 Å². The van der Waals surface area contributed by atoms with Gasteiger partial charge in [0.15, 0.2) is 5.78 Å². The molecule has 0 saturated heterocycles. The van der Waals surface area contributed by atoms with Crippen LogP contribution < -0.4 is 11.1 Å². The molecular formula is C28H28ClN3O8. The van der Waals surface area contributed by atoms with E-state index < -0.39 is 54.3 Å². The molecule has 1 heterocycles. The van der Waals surface area contributed by atoms with Gasteiger partial charge < -0.3 is 25.8 Å². The van der Waals surface area contributed by atoms with Gasteiger partial charge in [-0.25, -0.2) is 0 Å². The van der Waals surface area contributed by atoms with Crippen LogP contribution in [0.2, 0.25) is 5.02 Å². The zero-order chi connectivity index (χ0) is 29.2. The van der Waals surface area contributed by atoms with Crippen LogP contribution in [-0.4, -0.2) is 50.9 Å². The van der Waals surface area contributed by atoms with Crippen molar-refractivity contribution in [1.82, 2.24) is 10.5 Å². The van der Waals surface area contributed by atoms with Crippen molar-refractivity contribution in [3.05, 3.63) is 65.4 Å². The van der Waals surface area contributed by atoms with Crippen LogP contribution in [0.5, 0.6) is 0 Å². The molecule has 0 aliphatic rings. The Kier molecular flexibility index (Phi) is 10.5. The number of aliphatic carboxylic acids is 2. The molecule has 0 aliphatic carbocycles. The molecule has 2 amide bonds. The summed E-state index contributed by atoms with van der Waals surface area (Å²) in [5, 5.41) is 25.1. The van der Waals surface area contributed by atoms with Gasteiger partial charge in [0.1, 0.15) is 11.5 Å². The Hall–Kier alpha value is -4.51. The van der Waals surface area contributed by atoms with Gasteiger partial charge in [-0.1, -0.05) is 53.2 Å². The van der Waals surface area contributed by atoms with Gasteiger partial charge in [-0.05, 0) is 29.7 Å². The van der Waals surface area contributed by atoms with E-state index in [1.807, 2.05) is 42.5 Å². The van der Waals surface area contributed by atoms with Crippen LogP contribution in [0.15, 0.2) is 59.1 Å². The molecule has 11 nitrogen and oxygen atoms in total. The van der Waals surface area contributed by atoms with E-state index in [4.69, 9.17) is 27.0 Å². The number of carbonyl (C=O) groups excluding carboxylic acids is 3. The molecule has 0 spiro atoms. The standard InChI is InChI=1S/C28H28ClN3O8/c29-20-3-1-2-18(12-20)16-4-6-17(7-5-16)22-14-21(40-32-22)9-10-25(34)31-23(15-27(37)38)24(33)13-19(28(30)39)8-11-26(35)36/h1-7,12,14,19,23H,8-11,13,15H2,(H2,30,39)(H,31,34)(H,35,36)(H,37,38)/t19-,23+/m1/s1. The summed E-state index contributed by atoms with van der Waals surface area (Å²) < 4.78 is 5.33. The van der Waals surface area contributed by atoms with E-state index in [0.29, 0.717) is 16.5 Å². The van der Waals surface area contributed by atoms with Gasteiger partial charge >= 0.3 is 11.9 Å². The van der Waals surface area contributed by atoms with E-state index >= 15 is 0 Å². The van der Waals surface area contributed by atoms with Gasteiger partial charge in [-0.3, -0.25) is 24.0 Å². The number of nitrogens with two attached hydrogens (primary N) is 1. The Morgan fingerprint density at radius 2 is 1.60 bits per heavy atom. The first kappa shape index (κ1) is 30.0. The number of rotatable bonds is 15. The van der Waals surface area contributed by atoms with E-state index in [9.17, 15) is 29.1 Å². The number of carbonyl (C=O) groups is 5. The number of hydrogen-bond donors (Lipinski definition) is 4. The number of nitrogens with one attached hydrogen (secondary N) is 1. The molecule has 2 aromatic carbocycles. The van der Waals surface area contributed by atoms with Gasteiger partial charge in [0.05, 0.1) is 12.5 Å². The highest BCUT2D eigenvalue weighted by Gasteiger charge is 2.28.